The van der Waals surface area contributed by atoms with Crippen molar-refractivity contribution >= 4 is 39.2 Å². The molecule has 0 unspecified atom stereocenters. The molecule has 3 rings (SSSR count). The highest BCUT2D eigenvalue weighted by Gasteiger charge is 2.29. The molecule has 0 fully saturated rings. The Bertz CT molecular complexity index is 1100. The number of amides is 1. The van der Waals surface area contributed by atoms with E-state index < -0.39 is 22.0 Å². The van der Waals surface area contributed by atoms with Crippen molar-refractivity contribution in [3.63, 3.8) is 0 Å². The van der Waals surface area contributed by atoms with Gasteiger partial charge in [0.25, 0.3) is 5.91 Å². The first-order valence-electron chi connectivity index (χ1n) is 9.03. The zero-order valence-electron chi connectivity index (χ0n) is 16.4. The van der Waals surface area contributed by atoms with Crippen molar-refractivity contribution in [1.29, 1.82) is 0 Å². The fourth-order valence-electron chi connectivity index (χ4n) is 2.71. The maximum absolute atomic E-state index is 12.5. The summed E-state index contributed by atoms with van der Waals surface area (Å²) in [6.45, 7) is 1.51. The van der Waals surface area contributed by atoms with Crippen molar-refractivity contribution in [2.75, 3.05) is 10.6 Å². The number of rotatable bonds is 8. The number of ether oxygens (including phenoxy) is 1. The van der Waals surface area contributed by atoms with Crippen LogP contribution in [-0.4, -0.2) is 32.8 Å². The largest absolute Gasteiger partial charge is 0.457 e. The zero-order valence-corrected chi connectivity index (χ0v) is 18.1. The molecular weight excluding hydrogens is 422 g/mol. The molecule has 1 atom stereocenters. The first kappa shape index (κ1) is 21.5. The van der Waals surface area contributed by atoms with E-state index in [2.05, 4.69) is 10.5 Å². The number of sulfonamides is 1. The smallest absolute Gasteiger partial charge is 0.263 e. The average Bonchev–Trinajstić information content (AvgIpc) is 3.22. The lowest BCUT2D eigenvalue weighted by Gasteiger charge is -2.27. The number of hydrazone groups is 1. The maximum Gasteiger partial charge on any atom is 0.263 e. The summed E-state index contributed by atoms with van der Waals surface area (Å²) in [6, 6.07) is 18.5. The van der Waals surface area contributed by atoms with E-state index in [-0.39, 0.29) is 0 Å². The van der Waals surface area contributed by atoms with Crippen LogP contribution in [0.3, 0.4) is 0 Å². The molecule has 1 heterocycles. The minimum Gasteiger partial charge on any atom is -0.457 e. The molecule has 0 saturated carbocycles. The molecule has 0 bridgehead atoms. The fourth-order valence-corrected chi connectivity index (χ4v) is 4.47. The molecule has 0 aliphatic carbocycles. The first-order valence-corrected chi connectivity index (χ1v) is 11.8. The molecule has 0 aliphatic rings. The SMILES string of the molecule is C[C@H](C(=O)N/N=C\c1cccs1)N(c1ccc(Oc2ccccc2)cc1)S(C)(=O)=O. The van der Waals surface area contributed by atoms with Crippen molar-refractivity contribution in [1.82, 2.24) is 5.43 Å². The first-order chi connectivity index (χ1) is 14.3. The zero-order chi connectivity index (χ0) is 21.6. The van der Waals surface area contributed by atoms with Crippen molar-refractivity contribution in [2.45, 2.75) is 13.0 Å². The molecule has 1 amide bonds. The lowest BCUT2D eigenvalue weighted by Crippen LogP contribution is -2.46. The molecular formula is C21H21N3O4S2. The van der Waals surface area contributed by atoms with E-state index in [1.165, 1.54) is 24.5 Å². The third-order valence-electron chi connectivity index (χ3n) is 4.07. The molecule has 30 heavy (non-hydrogen) atoms. The van der Waals surface area contributed by atoms with Gasteiger partial charge in [-0.25, -0.2) is 13.8 Å². The van der Waals surface area contributed by atoms with Crippen LogP contribution >= 0.6 is 11.3 Å². The molecule has 0 radical (unpaired) electrons. The van der Waals surface area contributed by atoms with Crippen LogP contribution in [0, 0.1) is 0 Å². The number of para-hydroxylation sites is 1. The summed E-state index contributed by atoms with van der Waals surface area (Å²) in [5, 5.41) is 5.79. The van der Waals surface area contributed by atoms with E-state index in [4.69, 9.17) is 4.74 Å². The quantitative estimate of drug-likeness (QED) is 0.423. The maximum atomic E-state index is 12.5. The Morgan fingerprint density at radius 1 is 1.07 bits per heavy atom. The van der Waals surface area contributed by atoms with Gasteiger partial charge in [0.2, 0.25) is 10.0 Å². The molecule has 3 aromatic rings. The van der Waals surface area contributed by atoms with Gasteiger partial charge in [-0.15, -0.1) is 11.3 Å². The van der Waals surface area contributed by atoms with E-state index in [1.54, 1.807) is 24.3 Å². The van der Waals surface area contributed by atoms with Crippen LogP contribution in [0.15, 0.2) is 77.2 Å². The Kier molecular flexibility index (Phi) is 6.86. The van der Waals surface area contributed by atoms with Crippen LogP contribution in [-0.2, 0) is 14.8 Å². The standard InChI is InChI=1S/C21H21N3O4S2/c1-16(21(25)23-22-15-20-9-6-14-29-20)24(30(2,26)27)17-10-12-19(13-11-17)28-18-7-4-3-5-8-18/h3-16H,1-2H3,(H,23,25)/b22-15-/t16-/m1/s1. The molecule has 1 aromatic heterocycles. The minimum atomic E-state index is -3.72. The van der Waals surface area contributed by atoms with Gasteiger partial charge in [0, 0.05) is 4.88 Å². The number of nitrogens with one attached hydrogen (secondary N) is 1. The summed E-state index contributed by atoms with van der Waals surface area (Å²) < 4.78 is 31.6. The molecule has 7 nitrogen and oxygen atoms in total. The van der Waals surface area contributed by atoms with Gasteiger partial charge < -0.3 is 4.74 Å². The minimum absolute atomic E-state index is 0.350. The molecule has 9 heteroatoms. The Morgan fingerprint density at radius 3 is 2.33 bits per heavy atom. The second kappa shape index (κ2) is 9.55. The number of anilines is 1. The summed E-state index contributed by atoms with van der Waals surface area (Å²) in [6.07, 6.45) is 2.57. The number of hydrogen-bond acceptors (Lipinski definition) is 6. The van der Waals surface area contributed by atoms with E-state index in [0.717, 1.165) is 15.4 Å². The fraction of sp³-hybridized carbons (Fsp3) is 0.143. The summed E-state index contributed by atoms with van der Waals surface area (Å²) in [7, 11) is -3.72. The molecule has 1 N–H and O–H groups in total. The molecule has 2 aromatic carbocycles. The van der Waals surface area contributed by atoms with Crippen molar-refractivity contribution < 1.29 is 17.9 Å². The number of thiophene rings is 1. The van der Waals surface area contributed by atoms with Gasteiger partial charge in [-0.1, -0.05) is 24.3 Å². The highest BCUT2D eigenvalue weighted by molar-refractivity contribution is 7.92. The van der Waals surface area contributed by atoms with Gasteiger partial charge in [-0.3, -0.25) is 9.10 Å². The van der Waals surface area contributed by atoms with Crippen molar-refractivity contribution in [3.05, 3.63) is 77.0 Å². The predicted molar refractivity (Wildman–Crippen MR) is 120 cm³/mol. The lowest BCUT2D eigenvalue weighted by molar-refractivity contribution is -0.121. The number of nitrogens with zero attached hydrogens (tertiary/aromatic N) is 2. The highest BCUT2D eigenvalue weighted by atomic mass is 32.2. The number of hydrogen-bond donors (Lipinski definition) is 1. The molecule has 0 spiro atoms. The van der Waals surface area contributed by atoms with Crippen LogP contribution in [0.2, 0.25) is 0 Å². The van der Waals surface area contributed by atoms with Crippen LogP contribution in [0.25, 0.3) is 0 Å². The highest BCUT2D eigenvalue weighted by Crippen LogP contribution is 2.26. The third kappa shape index (κ3) is 5.68. The lowest BCUT2D eigenvalue weighted by atomic mass is 10.2. The Balaban J connectivity index is 1.74. The summed E-state index contributed by atoms with van der Waals surface area (Å²) in [4.78, 5) is 13.4. The second-order valence-electron chi connectivity index (χ2n) is 6.39. The van der Waals surface area contributed by atoms with Crippen LogP contribution in [0.4, 0.5) is 5.69 Å². The van der Waals surface area contributed by atoms with Gasteiger partial charge in [0.1, 0.15) is 17.5 Å². The second-order valence-corrected chi connectivity index (χ2v) is 9.23. The normalized spacial score (nSPS) is 12.5. The average molecular weight is 444 g/mol. The number of carbonyl (C=O) groups excluding carboxylic acids is 1. The number of benzene rings is 2. The van der Waals surface area contributed by atoms with E-state index in [0.29, 0.717) is 17.2 Å². The predicted octanol–water partition coefficient (Wildman–Crippen LogP) is 3.85. The van der Waals surface area contributed by atoms with Crippen molar-refractivity contribution in [2.24, 2.45) is 5.10 Å². The molecule has 0 aliphatic heterocycles. The number of carbonyl (C=O) groups is 1. The monoisotopic (exact) mass is 443 g/mol. The van der Waals surface area contributed by atoms with Gasteiger partial charge in [0.15, 0.2) is 0 Å². The van der Waals surface area contributed by atoms with Crippen molar-refractivity contribution in [3.8, 4) is 11.5 Å². The van der Waals surface area contributed by atoms with E-state index in [9.17, 15) is 13.2 Å². The van der Waals surface area contributed by atoms with Gasteiger partial charge in [-0.05, 0) is 54.8 Å². The molecule has 156 valence electrons. The Morgan fingerprint density at radius 2 is 1.73 bits per heavy atom. The summed E-state index contributed by atoms with van der Waals surface area (Å²) in [5.41, 5.74) is 2.74. The summed E-state index contributed by atoms with van der Waals surface area (Å²) >= 11 is 1.47. The van der Waals surface area contributed by atoms with Gasteiger partial charge in [-0.2, -0.15) is 5.10 Å². The third-order valence-corrected chi connectivity index (χ3v) is 6.12. The Labute approximate surface area is 179 Å². The van der Waals surface area contributed by atoms with E-state index >= 15 is 0 Å². The van der Waals surface area contributed by atoms with Gasteiger partial charge >= 0.3 is 0 Å². The van der Waals surface area contributed by atoms with Gasteiger partial charge in [0.05, 0.1) is 18.2 Å². The van der Waals surface area contributed by atoms with E-state index in [1.807, 2.05) is 47.8 Å². The van der Waals surface area contributed by atoms with Crippen LogP contribution in [0.1, 0.15) is 11.8 Å². The summed E-state index contributed by atoms with van der Waals surface area (Å²) in [5.74, 6) is 0.676. The topological polar surface area (TPSA) is 88.1 Å². The Hall–Kier alpha value is -3.17. The van der Waals surface area contributed by atoms with Crippen LogP contribution in [0.5, 0.6) is 11.5 Å². The van der Waals surface area contributed by atoms with Crippen LogP contribution < -0.4 is 14.5 Å². The molecule has 0 saturated heterocycles.